The topological polar surface area (TPSA) is 12.0 Å². The smallest absolute Gasteiger partial charge is 0.0781 e. The van der Waals surface area contributed by atoms with Crippen molar-refractivity contribution in [2.45, 2.75) is 25.9 Å². The maximum atomic E-state index is 6.28. The first kappa shape index (κ1) is 17.1. The van der Waals surface area contributed by atoms with E-state index in [1.165, 1.54) is 5.56 Å². The van der Waals surface area contributed by atoms with Crippen LogP contribution in [0.1, 0.15) is 37.1 Å². The Morgan fingerprint density at radius 3 is 2.10 bits per heavy atom. The predicted octanol–water partition coefficient (Wildman–Crippen LogP) is 6.82. The lowest BCUT2D eigenvalue weighted by molar-refractivity contribution is 0.495. The van der Waals surface area contributed by atoms with Crippen LogP contribution in [0.5, 0.6) is 0 Å². The quantitative estimate of drug-likeness (QED) is 0.548. The Hall–Kier alpha value is -0.250. The first-order chi connectivity index (χ1) is 9.90. The Kier molecular flexibility index (Phi) is 5.98. The van der Waals surface area contributed by atoms with Crippen molar-refractivity contribution >= 4 is 50.7 Å². The monoisotopic (exact) mass is 405 g/mol. The van der Waals surface area contributed by atoms with Crippen LogP contribution in [-0.2, 0) is 0 Å². The fourth-order valence-electron chi connectivity index (χ4n) is 2.19. The minimum atomic E-state index is 0.0610. The van der Waals surface area contributed by atoms with Crippen LogP contribution in [0.3, 0.4) is 0 Å². The number of halogens is 4. The second-order valence-electron chi connectivity index (χ2n) is 4.93. The van der Waals surface area contributed by atoms with Gasteiger partial charge in [-0.25, -0.2) is 0 Å². The average molecular weight is 408 g/mol. The summed E-state index contributed by atoms with van der Waals surface area (Å²) in [4.78, 5) is 0. The number of benzene rings is 2. The number of hydrogen-bond acceptors (Lipinski definition) is 1. The standard InChI is InChI=1S/C16H15BrCl3N/c1-9(11-3-5-12(17)6-4-11)21-10(2)13-7-8-14(18)16(20)15(13)19/h3-10,21H,1-2H3/t9-,10?/m1/s1. The molecule has 2 aromatic rings. The summed E-state index contributed by atoms with van der Waals surface area (Å²) in [5.74, 6) is 0. The van der Waals surface area contributed by atoms with Crippen molar-refractivity contribution in [3.05, 3.63) is 67.1 Å². The summed E-state index contributed by atoms with van der Waals surface area (Å²) >= 11 is 21.8. The average Bonchev–Trinajstić information content (AvgIpc) is 2.45. The highest BCUT2D eigenvalue weighted by atomic mass is 79.9. The molecule has 0 fully saturated rings. The molecule has 0 aromatic heterocycles. The zero-order valence-electron chi connectivity index (χ0n) is 11.6. The Balaban J connectivity index is 2.16. The van der Waals surface area contributed by atoms with Gasteiger partial charge in [-0.05, 0) is 43.2 Å². The predicted molar refractivity (Wildman–Crippen MR) is 95.6 cm³/mol. The van der Waals surface area contributed by atoms with Crippen LogP contribution in [-0.4, -0.2) is 0 Å². The molecule has 1 nitrogen and oxygen atoms in total. The summed E-state index contributed by atoms with van der Waals surface area (Å²) in [5, 5.41) is 4.90. The fraction of sp³-hybridized carbons (Fsp3) is 0.250. The Morgan fingerprint density at radius 2 is 1.48 bits per heavy atom. The van der Waals surface area contributed by atoms with Gasteiger partial charge in [0.05, 0.1) is 15.1 Å². The highest BCUT2D eigenvalue weighted by Gasteiger charge is 2.16. The summed E-state index contributed by atoms with van der Waals surface area (Å²) in [6.07, 6.45) is 0. The highest BCUT2D eigenvalue weighted by molar-refractivity contribution is 9.10. The van der Waals surface area contributed by atoms with E-state index < -0.39 is 0 Å². The van der Waals surface area contributed by atoms with Gasteiger partial charge in [-0.3, -0.25) is 0 Å². The van der Waals surface area contributed by atoms with Crippen molar-refractivity contribution in [3.63, 3.8) is 0 Å². The summed E-state index contributed by atoms with van der Waals surface area (Å²) in [6, 6.07) is 12.2. The maximum Gasteiger partial charge on any atom is 0.0781 e. The number of rotatable bonds is 4. The molecule has 1 N–H and O–H groups in total. The fourth-order valence-corrected chi connectivity index (χ4v) is 3.16. The van der Waals surface area contributed by atoms with Gasteiger partial charge in [0.1, 0.15) is 0 Å². The normalized spacial score (nSPS) is 14.0. The third-order valence-electron chi connectivity index (χ3n) is 3.40. The van der Waals surface area contributed by atoms with Crippen LogP contribution in [0, 0.1) is 0 Å². The third-order valence-corrected chi connectivity index (χ3v) is 5.24. The molecule has 0 saturated heterocycles. The van der Waals surface area contributed by atoms with Crippen LogP contribution in [0.15, 0.2) is 40.9 Å². The minimum absolute atomic E-state index is 0.0610. The molecule has 0 saturated carbocycles. The van der Waals surface area contributed by atoms with Crippen LogP contribution in [0.4, 0.5) is 0 Å². The van der Waals surface area contributed by atoms with Crippen molar-refractivity contribution in [2.75, 3.05) is 0 Å². The van der Waals surface area contributed by atoms with E-state index in [1.54, 1.807) is 6.07 Å². The Labute approximate surface area is 148 Å². The van der Waals surface area contributed by atoms with E-state index in [-0.39, 0.29) is 12.1 Å². The first-order valence-electron chi connectivity index (χ1n) is 6.55. The molecular formula is C16H15BrCl3N. The Morgan fingerprint density at radius 1 is 0.857 bits per heavy atom. The molecule has 0 amide bonds. The second-order valence-corrected chi connectivity index (χ2v) is 7.00. The second kappa shape index (κ2) is 7.34. The molecule has 2 aromatic carbocycles. The van der Waals surface area contributed by atoms with Gasteiger partial charge in [-0.1, -0.05) is 68.9 Å². The SMILES string of the molecule is CC(N[C@H](C)c1ccc(Br)cc1)c1ccc(Cl)c(Cl)c1Cl. The van der Waals surface area contributed by atoms with Crippen LogP contribution in [0.2, 0.25) is 15.1 Å². The molecule has 1 unspecified atom stereocenters. The summed E-state index contributed by atoms with van der Waals surface area (Å²) < 4.78 is 1.07. The summed E-state index contributed by atoms with van der Waals surface area (Å²) in [5.41, 5.74) is 2.15. The zero-order valence-corrected chi connectivity index (χ0v) is 15.5. The number of hydrogen-bond donors (Lipinski definition) is 1. The molecule has 0 aliphatic heterocycles. The molecule has 0 aliphatic carbocycles. The highest BCUT2D eigenvalue weighted by Crippen LogP contribution is 2.36. The van der Waals surface area contributed by atoms with Gasteiger partial charge in [0.15, 0.2) is 0 Å². The van der Waals surface area contributed by atoms with Crippen molar-refractivity contribution in [3.8, 4) is 0 Å². The van der Waals surface area contributed by atoms with Crippen LogP contribution in [0.25, 0.3) is 0 Å². The molecule has 2 atom stereocenters. The van der Waals surface area contributed by atoms with Crippen molar-refractivity contribution in [2.24, 2.45) is 0 Å². The molecule has 21 heavy (non-hydrogen) atoms. The summed E-state index contributed by atoms with van der Waals surface area (Å²) in [7, 11) is 0. The lowest BCUT2D eigenvalue weighted by Gasteiger charge is -2.22. The van der Waals surface area contributed by atoms with Crippen LogP contribution >= 0.6 is 50.7 Å². The van der Waals surface area contributed by atoms with Crippen molar-refractivity contribution in [1.29, 1.82) is 0 Å². The van der Waals surface area contributed by atoms with Gasteiger partial charge in [0.2, 0.25) is 0 Å². The molecule has 0 spiro atoms. The zero-order chi connectivity index (χ0) is 15.6. The largest absolute Gasteiger partial charge is 0.304 e. The van der Waals surface area contributed by atoms with E-state index in [2.05, 4.69) is 47.2 Å². The molecule has 0 bridgehead atoms. The molecule has 5 heteroatoms. The molecular weight excluding hydrogens is 392 g/mol. The van der Waals surface area contributed by atoms with Gasteiger partial charge >= 0.3 is 0 Å². The first-order valence-corrected chi connectivity index (χ1v) is 8.47. The maximum absolute atomic E-state index is 6.28. The lowest BCUT2D eigenvalue weighted by atomic mass is 10.0. The van der Waals surface area contributed by atoms with E-state index in [0.29, 0.717) is 15.1 Å². The van der Waals surface area contributed by atoms with E-state index in [4.69, 9.17) is 34.8 Å². The van der Waals surface area contributed by atoms with E-state index >= 15 is 0 Å². The number of nitrogens with one attached hydrogen (secondary N) is 1. The van der Waals surface area contributed by atoms with E-state index in [9.17, 15) is 0 Å². The summed E-state index contributed by atoms with van der Waals surface area (Å²) in [6.45, 7) is 4.17. The molecule has 0 heterocycles. The Bertz CT molecular complexity index is 628. The minimum Gasteiger partial charge on any atom is -0.304 e. The van der Waals surface area contributed by atoms with Gasteiger partial charge in [-0.2, -0.15) is 0 Å². The lowest BCUT2D eigenvalue weighted by Crippen LogP contribution is -2.22. The van der Waals surface area contributed by atoms with Gasteiger partial charge in [0, 0.05) is 16.6 Å². The van der Waals surface area contributed by atoms with Crippen molar-refractivity contribution in [1.82, 2.24) is 5.32 Å². The van der Waals surface area contributed by atoms with E-state index in [0.717, 1.165) is 10.0 Å². The van der Waals surface area contributed by atoms with E-state index in [1.807, 2.05) is 18.2 Å². The van der Waals surface area contributed by atoms with Gasteiger partial charge in [0.25, 0.3) is 0 Å². The third kappa shape index (κ3) is 4.14. The molecule has 112 valence electrons. The van der Waals surface area contributed by atoms with Crippen molar-refractivity contribution < 1.29 is 0 Å². The van der Waals surface area contributed by atoms with Gasteiger partial charge < -0.3 is 5.32 Å². The van der Waals surface area contributed by atoms with Crippen LogP contribution < -0.4 is 5.32 Å². The molecule has 2 rings (SSSR count). The van der Waals surface area contributed by atoms with Gasteiger partial charge in [-0.15, -0.1) is 0 Å². The molecule has 0 radical (unpaired) electrons. The molecule has 0 aliphatic rings.